The number of anilines is 4. The lowest BCUT2D eigenvalue weighted by Crippen LogP contribution is -2.33. The minimum absolute atomic E-state index is 0.00662. The molecule has 9 heterocycles. The molecule has 634 valence electrons. The van der Waals surface area contributed by atoms with Crippen LogP contribution in [-0.2, 0) is 87.5 Å². The monoisotopic (exact) mass is 1640 g/mol. The molecule has 0 fully saturated rings. The molecule has 10 rings (SSSR count). The van der Waals surface area contributed by atoms with Gasteiger partial charge in [-0.2, -0.15) is 0 Å². The van der Waals surface area contributed by atoms with Gasteiger partial charge in [0, 0.05) is 165 Å². The predicted molar refractivity (Wildman–Crippen MR) is 435 cm³/mol. The van der Waals surface area contributed by atoms with Crippen LogP contribution in [-0.4, -0.2) is 249 Å². The molecule has 39 nitrogen and oxygen atoms in total. The topological polar surface area (TPSA) is 456 Å². The molecule has 0 spiro atoms. The first-order chi connectivity index (χ1) is 57.6. The number of imidazole rings is 3. The number of rotatable bonds is 50. The smallest absolute Gasteiger partial charge is 0.291 e. The van der Waals surface area contributed by atoms with Gasteiger partial charge in [0.15, 0.2) is 17.5 Å². The number of aromatic nitrogens is 12. The van der Waals surface area contributed by atoms with E-state index in [9.17, 15) is 43.2 Å². The average Bonchev–Trinajstić information content (AvgIpc) is 1.61. The molecule has 9 amide bonds. The van der Waals surface area contributed by atoms with Crippen molar-refractivity contribution in [3.8, 4) is 22.3 Å². The van der Waals surface area contributed by atoms with E-state index in [1.54, 1.807) is 58.4 Å². The van der Waals surface area contributed by atoms with Crippen molar-refractivity contribution >= 4 is 87.2 Å². The molecule has 10 aromatic rings. The van der Waals surface area contributed by atoms with Gasteiger partial charge in [0.25, 0.3) is 35.4 Å². The summed E-state index contributed by atoms with van der Waals surface area (Å²) in [6.45, 7) is 12.4. The minimum atomic E-state index is -0.640. The Morgan fingerprint density at radius 1 is 0.429 bits per heavy atom. The summed E-state index contributed by atoms with van der Waals surface area (Å²) in [5.74, 6) is -3.13. The number of hydrogen-bond donors (Lipinski definition) is 9. The molecular weight excluding hydrogens is 1540 g/mol. The quantitative estimate of drug-likeness (QED) is 0.0234. The third-order valence-corrected chi connectivity index (χ3v) is 18.3. The van der Waals surface area contributed by atoms with Crippen molar-refractivity contribution in [1.82, 2.24) is 84.1 Å². The number of aryl methyl sites for hydroxylation is 7. The zero-order valence-electron chi connectivity index (χ0n) is 67.7. The van der Waals surface area contributed by atoms with Gasteiger partial charge < -0.3 is 118 Å². The standard InChI is InChI=1S/C80H101N21O18/c1-52-70(54(3)119-95-52)57-43-62-71(88-46-57)60(49-101(62)53(2)61-11-9-10-19-81-61)55-12-14-56(15-13-55)75(105)87-25-28-112-30-32-114-34-36-116-38-40-118-42-41-117-39-37-115-35-33-113-31-29-111-27-24-82-67(102)16-20-86-78(108)73-93-65(50-99(73)7)91-68(103)17-21-85-77(107)64-45-59(48-98(64)6)90-80(110)74-94-66(51-100(74)8)92-69(104)18-22-84-76(106)63-44-58(47-97(63)5)89-79(109)72-83-23-26-96(72)4/h9-15,19,23,26,43-51,53H,16-18,20-22,24-25,27-42H2,1-8H3,(H,82,102)(H,84,106)(H,85,107)(H,86,108)(H,87,105)(H,89,109)(H,90,110)(H,91,103)(H,92,104). The molecule has 9 aromatic heterocycles. The molecule has 0 aliphatic carbocycles. The Balaban J connectivity index is 0.471. The van der Waals surface area contributed by atoms with E-state index in [0.29, 0.717) is 117 Å². The second-order valence-corrected chi connectivity index (χ2v) is 27.2. The van der Waals surface area contributed by atoms with Crippen molar-refractivity contribution in [2.24, 2.45) is 35.2 Å². The van der Waals surface area contributed by atoms with Crippen LogP contribution in [0.25, 0.3) is 33.3 Å². The van der Waals surface area contributed by atoms with Crippen LogP contribution in [0.15, 0.2) is 121 Å². The first-order valence-electron chi connectivity index (χ1n) is 38.6. The number of amides is 9. The SMILES string of the molecule is Cc1noc(C)c1-c1cnc2c(-c3ccc(C(=O)NCCOCCOCCOCCOCCOCCOCCOCCOCCNC(=O)CCNC(=O)c4nc(NC(=O)CCNC(=O)c5cc(NC(=O)c6nc(NC(=O)CCNC(=O)c7cc(NC(=O)c8nccn8C)cn7C)cn6C)cn5C)cn4C)cc3)cn(C(C)c3ccccn3)c2c1. The Morgan fingerprint density at radius 3 is 1.38 bits per heavy atom. The lowest BCUT2D eigenvalue weighted by atomic mass is 10.0. The first-order valence-corrected chi connectivity index (χ1v) is 38.6. The van der Waals surface area contributed by atoms with E-state index < -0.39 is 41.4 Å². The van der Waals surface area contributed by atoms with Crippen LogP contribution in [0.2, 0.25) is 0 Å². The van der Waals surface area contributed by atoms with E-state index >= 15 is 0 Å². The van der Waals surface area contributed by atoms with Crippen LogP contribution >= 0.6 is 0 Å². The van der Waals surface area contributed by atoms with E-state index in [2.05, 4.69) is 96.7 Å². The predicted octanol–water partition coefficient (Wildman–Crippen LogP) is 4.68. The molecule has 0 aliphatic rings. The highest BCUT2D eigenvalue weighted by Crippen LogP contribution is 2.37. The van der Waals surface area contributed by atoms with E-state index in [-0.39, 0.29) is 116 Å². The summed E-state index contributed by atoms with van der Waals surface area (Å²) in [5.41, 5.74) is 8.75. The van der Waals surface area contributed by atoms with Crippen LogP contribution in [0.4, 0.5) is 23.0 Å². The second kappa shape index (κ2) is 45.2. The number of pyridine rings is 2. The summed E-state index contributed by atoms with van der Waals surface area (Å²) < 4.78 is 59.6. The van der Waals surface area contributed by atoms with Crippen LogP contribution in [0, 0.1) is 13.8 Å². The van der Waals surface area contributed by atoms with Crippen molar-refractivity contribution in [2.45, 2.75) is 46.1 Å². The van der Waals surface area contributed by atoms with Crippen LogP contribution in [0.3, 0.4) is 0 Å². The van der Waals surface area contributed by atoms with Gasteiger partial charge in [0.1, 0.15) is 17.1 Å². The Kier molecular flexibility index (Phi) is 33.7. The molecule has 119 heavy (non-hydrogen) atoms. The highest BCUT2D eigenvalue weighted by Gasteiger charge is 2.25. The van der Waals surface area contributed by atoms with Crippen molar-refractivity contribution in [3.63, 3.8) is 0 Å². The third kappa shape index (κ3) is 26.4. The molecule has 0 saturated carbocycles. The lowest BCUT2D eigenvalue weighted by Gasteiger charge is -2.15. The molecule has 1 aromatic carbocycles. The molecule has 0 bridgehead atoms. The number of hydrogen-bond acceptors (Lipinski definition) is 24. The van der Waals surface area contributed by atoms with E-state index in [4.69, 9.17) is 47.4 Å². The summed E-state index contributed by atoms with van der Waals surface area (Å²) >= 11 is 0. The number of ether oxygens (including phenoxy) is 8. The van der Waals surface area contributed by atoms with Gasteiger partial charge in [0.05, 0.1) is 146 Å². The fourth-order valence-corrected chi connectivity index (χ4v) is 12.3. The van der Waals surface area contributed by atoms with E-state index in [1.165, 1.54) is 55.2 Å². The average molecular weight is 1640 g/mol. The molecule has 1 unspecified atom stereocenters. The highest BCUT2D eigenvalue weighted by molar-refractivity contribution is 6.05. The van der Waals surface area contributed by atoms with Gasteiger partial charge in [0.2, 0.25) is 29.4 Å². The summed E-state index contributed by atoms with van der Waals surface area (Å²) in [5, 5.41) is 28.4. The van der Waals surface area contributed by atoms with Gasteiger partial charge in [-0.3, -0.25) is 53.1 Å². The Morgan fingerprint density at radius 2 is 0.899 bits per heavy atom. The van der Waals surface area contributed by atoms with Crippen LogP contribution in [0.1, 0.15) is 113 Å². The van der Waals surface area contributed by atoms with Crippen LogP contribution < -0.4 is 47.9 Å². The second-order valence-electron chi connectivity index (χ2n) is 27.2. The van der Waals surface area contributed by atoms with Gasteiger partial charge >= 0.3 is 0 Å². The lowest BCUT2D eigenvalue weighted by molar-refractivity contribution is -0.121. The van der Waals surface area contributed by atoms with Crippen LogP contribution in [0.5, 0.6) is 0 Å². The molecule has 1 atom stereocenters. The summed E-state index contributed by atoms with van der Waals surface area (Å²) in [6.07, 6.45) is 14.5. The fourth-order valence-electron chi connectivity index (χ4n) is 12.3. The maximum atomic E-state index is 13.3. The summed E-state index contributed by atoms with van der Waals surface area (Å²) in [4.78, 5) is 138. The Hall–Kier alpha value is -12.6. The number of nitrogens with one attached hydrogen (secondary N) is 9. The largest absolute Gasteiger partial charge is 0.377 e. The number of carbonyl (C=O) groups is 9. The Bertz CT molecular complexity index is 5040. The maximum Gasteiger partial charge on any atom is 0.291 e. The number of benzene rings is 1. The maximum absolute atomic E-state index is 13.3. The summed E-state index contributed by atoms with van der Waals surface area (Å²) in [7, 11) is 8.04. The Labute approximate surface area is 685 Å². The number of fused-ring (bicyclic) bond motifs is 1. The first kappa shape index (κ1) is 88.7. The molecule has 9 N–H and O–H groups in total. The van der Waals surface area contributed by atoms with Crippen molar-refractivity contribution in [3.05, 3.63) is 168 Å². The van der Waals surface area contributed by atoms with E-state index in [0.717, 1.165) is 50.4 Å². The van der Waals surface area contributed by atoms with Gasteiger partial charge in [-0.25, -0.2) is 15.0 Å². The highest BCUT2D eigenvalue weighted by atomic mass is 16.6. The van der Waals surface area contributed by atoms with Gasteiger partial charge in [-0.1, -0.05) is 23.4 Å². The number of carbonyl (C=O) groups excluding carboxylic acids is 9. The third-order valence-electron chi connectivity index (χ3n) is 18.3. The number of nitrogens with zero attached hydrogens (tertiary/aromatic N) is 12. The fraction of sp³-hybridized carbons (Fsp3) is 0.412. The molecule has 0 saturated heterocycles. The van der Waals surface area contributed by atoms with E-state index in [1.807, 2.05) is 62.5 Å². The molecule has 39 heteroatoms. The normalized spacial score (nSPS) is 11.5. The van der Waals surface area contributed by atoms with Gasteiger partial charge in [-0.05, 0) is 68.8 Å². The van der Waals surface area contributed by atoms with Crippen molar-refractivity contribution in [2.75, 3.05) is 160 Å². The molecule has 0 aliphatic heterocycles. The molecule has 0 radical (unpaired) electrons. The molecular formula is C80H101N21O18. The summed E-state index contributed by atoms with van der Waals surface area (Å²) in [6, 6.07) is 18.3. The van der Waals surface area contributed by atoms with Gasteiger partial charge in [-0.15, -0.1) is 0 Å². The van der Waals surface area contributed by atoms with Crippen molar-refractivity contribution in [1.29, 1.82) is 0 Å². The zero-order valence-corrected chi connectivity index (χ0v) is 67.7. The zero-order chi connectivity index (χ0) is 84.6. The van der Waals surface area contributed by atoms with Crippen molar-refractivity contribution < 1.29 is 85.6 Å². The minimum Gasteiger partial charge on any atom is -0.377 e.